The molecule has 0 aliphatic carbocycles. The maximum absolute atomic E-state index is 6.08. The molecule has 14 heavy (non-hydrogen) atoms. The van der Waals surface area contributed by atoms with Crippen molar-refractivity contribution in [2.75, 3.05) is 5.73 Å². The number of aryl methyl sites for hydroxylation is 2. The van der Waals surface area contributed by atoms with Gasteiger partial charge in [-0.05, 0) is 37.5 Å². The van der Waals surface area contributed by atoms with E-state index < -0.39 is 0 Å². The normalized spacial score (nSPS) is 13.4. The van der Waals surface area contributed by atoms with Crippen LogP contribution in [0.25, 0.3) is 0 Å². The Morgan fingerprint density at radius 1 is 1.21 bits per heavy atom. The summed E-state index contributed by atoms with van der Waals surface area (Å²) in [5.74, 6) is 0.403. The summed E-state index contributed by atoms with van der Waals surface area (Å²) in [4.78, 5) is 0. The number of hydrogen-bond acceptors (Lipinski definition) is 1. The van der Waals surface area contributed by atoms with Crippen LogP contribution in [-0.4, -0.2) is 0 Å². The Labute approximate surface area is 86.6 Å². The van der Waals surface area contributed by atoms with Crippen LogP contribution in [0.3, 0.4) is 0 Å². The topological polar surface area (TPSA) is 26.0 Å². The minimum atomic E-state index is 0.403. The number of nitrogens with two attached hydrogens (primary N) is 1. The molecule has 0 fully saturated rings. The van der Waals surface area contributed by atoms with Gasteiger partial charge in [-0.1, -0.05) is 31.2 Å². The fourth-order valence-corrected chi connectivity index (χ4v) is 1.84. The third kappa shape index (κ3) is 1.98. The second-order valence-corrected chi connectivity index (χ2v) is 3.84. The average molecular weight is 189 g/mol. The van der Waals surface area contributed by atoms with Crippen LogP contribution in [0.15, 0.2) is 24.3 Å². The van der Waals surface area contributed by atoms with E-state index in [1.165, 1.54) is 16.7 Å². The van der Waals surface area contributed by atoms with Crippen LogP contribution in [0.1, 0.15) is 36.5 Å². The van der Waals surface area contributed by atoms with Gasteiger partial charge in [0.2, 0.25) is 0 Å². The van der Waals surface area contributed by atoms with Gasteiger partial charge >= 0.3 is 0 Å². The summed E-state index contributed by atoms with van der Waals surface area (Å²) in [6.45, 7) is 8.39. The molecule has 1 heteroatoms. The van der Waals surface area contributed by atoms with Gasteiger partial charge in [0.25, 0.3) is 0 Å². The first kappa shape index (κ1) is 10.8. The van der Waals surface area contributed by atoms with Crippen molar-refractivity contribution in [1.29, 1.82) is 0 Å². The van der Waals surface area contributed by atoms with Gasteiger partial charge in [0, 0.05) is 11.6 Å². The van der Waals surface area contributed by atoms with Crippen molar-refractivity contribution in [2.24, 2.45) is 0 Å². The Hall–Kier alpha value is -1.24. The van der Waals surface area contributed by atoms with Crippen molar-refractivity contribution in [3.8, 4) is 0 Å². The summed E-state index contributed by atoms with van der Waals surface area (Å²) in [6, 6.07) is 4.22. The van der Waals surface area contributed by atoms with Gasteiger partial charge in [0.1, 0.15) is 0 Å². The van der Waals surface area contributed by atoms with E-state index in [2.05, 4.69) is 45.1 Å². The Morgan fingerprint density at radius 2 is 1.79 bits per heavy atom. The Kier molecular flexibility index (Phi) is 3.34. The van der Waals surface area contributed by atoms with Crippen LogP contribution in [0.5, 0.6) is 0 Å². The molecule has 1 nitrogen and oxygen atoms in total. The molecular weight excluding hydrogens is 170 g/mol. The molecule has 0 saturated carbocycles. The van der Waals surface area contributed by atoms with Gasteiger partial charge in [-0.2, -0.15) is 0 Å². The van der Waals surface area contributed by atoms with Gasteiger partial charge in [-0.15, -0.1) is 0 Å². The average Bonchev–Trinajstić information content (AvgIpc) is 2.13. The molecule has 0 aliphatic heterocycles. The standard InChI is InChI=1S/C13H19N/c1-5-6-9(2)12-10(3)7-8-11(4)13(12)14/h5-9H,14H2,1-4H3/b6-5+. The first-order valence-electron chi connectivity index (χ1n) is 5.06. The molecule has 76 valence electrons. The molecule has 1 rings (SSSR count). The lowest BCUT2D eigenvalue weighted by atomic mass is 9.92. The summed E-state index contributed by atoms with van der Waals surface area (Å²) < 4.78 is 0. The number of nitrogen functional groups attached to an aromatic ring is 1. The molecule has 0 heterocycles. The van der Waals surface area contributed by atoms with E-state index in [9.17, 15) is 0 Å². The predicted octanol–water partition coefficient (Wildman–Crippen LogP) is 3.57. The summed E-state index contributed by atoms with van der Waals surface area (Å²) in [7, 11) is 0. The largest absolute Gasteiger partial charge is 0.398 e. The van der Waals surface area contributed by atoms with Crippen molar-refractivity contribution < 1.29 is 0 Å². The highest BCUT2D eigenvalue weighted by atomic mass is 14.6. The van der Waals surface area contributed by atoms with E-state index in [1.807, 2.05) is 6.92 Å². The highest BCUT2D eigenvalue weighted by molar-refractivity contribution is 5.58. The van der Waals surface area contributed by atoms with Crippen molar-refractivity contribution in [1.82, 2.24) is 0 Å². The number of hydrogen-bond donors (Lipinski definition) is 1. The third-order valence-electron chi connectivity index (χ3n) is 2.66. The van der Waals surface area contributed by atoms with Crippen molar-refractivity contribution in [2.45, 2.75) is 33.6 Å². The Balaban J connectivity index is 3.24. The predicted molar refractivity (Wildman–Crippen MR) is 63.6 cm³/mol. The van der Waals surface area contributed by atoms with Crippen LogP contribution in [-0.2, 0) is 0 Å². The molecule has 2 N–H and O–H groups in total. The molecular formula is C13H19N. The van der Waals surface area contributed by atoms with E-state index in [4.69, 9.17) is 5.73 Å². The molecule has 0 saturated heterocycles. The van der Waals surface area contributed by atoms with Crippen molar-refractivity contribution >= 4 is 5.69 Å². The Bertz CT molecular complexity index is 350. The molecule has 0 aliphatic rings. The second-order valence-electron chi connectivity index (χ2n) is 3.84. The zero-order valence-electron chi connectivity index (χ0n) is 9.46. The number of allylic oxidation sites excluding steroid dienone is 2. The first-order valence-corrected chi connectivity index (χ1v) is 5.06. The molecule has 1 atom stereocenters. The van der Waals surface area contributed by atoms with E-state index in [-0.39, 0.29) is 0 Å². The zero-order chi connectivity index (χ0) is 10.7. The van der Waals surface area contributed by atoms with Crippen LogP contribution in [0.2, 0.25) is 0 Å². The number of anilines is 1. The molecule has 1 aromatic rings. The highest BCUT2D eigenvalue weighted by Crippen LogP contribution is 2.29. The van der Waals surface area contributed by atoms with E-state index in [0.29, 0.717) is 5.92 Å². The van der Waals surface area contributed by atoms with Crippen LogP contribution in [0.4, 0.5) is 5.69 Å². The first-order chi connectivity index (χ1) is 6.57. The summed E-state index contributed by atoms with van der Waals surface area (Å²) >= 11 is 0. The van der Waals surface area contributed by atoms with E-state index >= 15 is 0 Å². The summed E-state index contributed by atoms with van der Waals surface area (Å²) in [5.41, 5.74) is 10.7. The molecule has 0 spiro atoms. The summed E-state index contributed by atoms with van der Waals surface area (Å²) in [6.07, 6.45) is 4.25. The van der Waals surface area contributed by atoms with Crippen LogP contribution in [0, 0.1) is 13.8 Å². The van der Waals surface area contributed by atoms with E-state index in [1.54, 1.807) is 0 Å². The Morgan fingerprint density at radius 3 is 2.36 bits per heavy atom. The monoisotopic (exact) mass is 189 g/mol. The molecule has 0 amide bonds. The minimum absolute atomic E-state index is 0.403. The smallest absolute Gasteiger partial charge is 0.0384 e. The molecule has 0 bridgehead atoms. The fourth-order valence-electron chi connectivity index (χ4n) is 1.84. The van der Waals surface area contributed by atoms with Gasteiger partial charge in [-0.3, -0.25) is 0 Å². The zero-order valence-corrected chi connectivity index (χ0v) is 9.46. The van der Waals surface area contributed by atoms with Gasteiger partial charge in [0.05, 0.1) is 0 Å². The van der Waals surface area contributed by atoms with Gasteiger partial charge in [-0.25, -0.2) is 0 Å². The molecule has 1 aromatic carbocycles. The van der Waals surface area contributed by atoms with E-state index in [0.717, 1.165) is 5.69 Å². The maximum atomic E-state index is 6.08. The minimum Gasteiger partial charge on any atom is -0.398 e. The lowest BCUT2D eigenvalue weighted by Crippen LogP contribution is -2.02. The summed E-state index contributed by atoms with van der Waals surface area (Å²) in [5, 5.41) is 0. The quantitative estimate of drug-likeness (QED) is 0.558. The number of benzene rings is 1. The van der Waals surface area contributed by atoms with Crippen LogP contribution >= 0.6 is 0 Å². The maximum Gasteiger partial charge on any atom is 0.0384 e. The highest BCUT2D eigenvalue weighted by Gasteiger charge is 2.10. The number of rotatable bonds is 2. The van der Waals surface area contributed by atoms with Gasteiger partial charge in [0.15, 0.2) is 0 Å². The second kappa shape index (κ2) is 4.32. The van der Waals surface area contributed by atoms with Crippen molar-refractivity contribution in [3.05, 3.63) is 41.0 Å². The molecule has 0 radical (unpaired) electrons. The fraction of sp³-hybridized carbons (Fsp3) is 0.385. The van der Waals surface area contributed by atoms with Gasteiger partial charge < -0.3 is 5.73 Å². The molecule has 1 unspecified atom stereocenters. The lowest BCUT2D eigenvalue weighted by molar-refractivity contribution is 0.951. The lowest BCUT2D eigenvalue weighted by Gasteiger charge is -2.15. The SMILES string of the molecule is C/C=C/C(C)c1c(C)ccc(C)c1N. The molecule has 0 aromatic heterocycles. The van der Waals surface area contributed by atoms with Crippen molar-refractivity contribution in [3.63, 3.8) is 0 Å². The van der Waals surface area contributed by atoms with Crippen LogP contribution < -0.4 is 5.73 Å². The third-order valence-corrected chi connectivity index (χ3v) is 2.66.